The number of nitrogens with one attached hydrogen (secondary N) is 2. The first-order valence-electron chi connectivity index (χ1n) is 10.9. The van der Waals surface area contributed by atoms with E-state index in [2.05, 4.69) is 25.6 Å². The zero-order valence-electron chi connectivity index (χ0n) is 18.0. The van der Waals surface area contributed by atoms with Gasteiger partial charge in [0.15, 0.2) is 5.58 Å². The Kier molecular flexibility index (Phi) is 6.94. The topological polar surface area (TPSA) is 96.1 Å². The summed E-state index contributed by atoms with van der Waals surface area (Å²) in [7, 11) is 0. The molecule has 1 aliphatic carbocycles. The van der Waals surface area contributed by atoms with Gasteiger partial charge in [-0.25, -0.2) is 4.98 Å². The summed E-state index contributed by atoms with van der Waals surface area (Å²) in [6.07, 6.45) is -0.439. The third-order valence-electron chi connectivity index (χ3n) is 5.77. The van der Waals surface area contributed by atoms with Gasteiger partial charge in [-0.05, 0) is 43.7 Å². The molecule has 0 amide bonds. The molecule has 4 rings (SSSR count). The van der Waals surface area contributed by atoms with Gasteiger partial charge < -0.3 is 20.2 Å². The summed E-state index contributed by atoms with van der Waals surface area (Å²) in [4.78, 5) is 12.9. The summed E-state index contributed by atoms with van der Waals surface area (Å²) in [6, 6.07) is 3.79. The molecular formula is C22H25ClF3N5O2. The van der Waals surface area contributed by atoms with Gasteiger partial charge >= 0.3 is 6.18 Å². The molecule has 3 N–H and O–H groups in total. The molecule has 0 aromatic carbocycles. The van der Waals surface area contributed by atoms with Gasteiger partial charge in [-0.2, -0.15) is 18.2 Å². The average molecular weight is 484 g/mol. The van der Waals surface area contributed by atoms with E-state index in [0.717, 1.165) is 36.8 Å². The molecule has 0 aliphatic heterocycles. The Morgan fingerprint density at radius 3 is 2.76 bits per heavy atom. The second-order valence-electron chi connectivity index (χ2n) is 8.23. The molecule has 178 valence electrons. The number of hydrogen-bond donors (Lipinski definition) is 3. The van der Waals surface area contributed by atoms with Gasteiger partial charge in [0, 0.05) is 30.3 Å². The van der Waals surface area contributed by atoms with E-state index in [1.165, 1.54) is 0 Å². The summed E-state index contributed by atoms with van der Waals surface area (Å²) in [5.41, 5.74) is 1.93. The Balaban J connectivity index is 1.68. The number of anilines is 2. The molecule has 1 saturated carbocycles. The maximum Gasteiger partial charge on any atom is 0.390 e. The van der Waals surface area contributed by atoms with Crippen molar-refractivity contribution in [3.63, 3.8) is 0 Å². The first kappa shape index (κ1) is 23.6. The van der Waals surface area contributed by atoms with Crippen molar-refractivity contribution < 1.29 is 22.7 Å². The molecule has 3 aromatic heterocycles. The van der Waals surface area contributed by atoms with Gasteiger partial charge in [-0.3, -0.25) is 4.98 Å². The Bertz CT molecular complexity index is 1120. The quantitative estimate of drug-likeness (QED) is 0.367. The third kappa shape index (κ3) is 5.67. The van der Waals surface area contributed by atoms with Crippen LogP contribution in [-0.2, 0) is 6.42 Å². The van der Waals surface area contributed by atoms with Crippen molar-refractivity contribution in [3.8, 4) is 11.3 Å². The number of halogens is 4. The van der Waals surface area contributed by atoms with E-state index in [1.807, 2.05) is 19.1 Å². The number of pyridine rings is 1. The molecule has 3 heterocycles. The fourth-order valence-electron chi connectivity index (χ4n) is 4.02. The zero-order chi connectivity index (χ0) is 23.6. The summed E-state index contributed by atoms with van der Waals surface area (Å²) in [5, 5.41) is 16.3. The van der Waals surface area contributed by atoms with Crippen LogP contribution in [0.1, 0.15) is 38.3 Å². The minimum atomic E-state index is -4.29. The number of aromatic nitrogens is 3. The lowest BCUT2D eigenvalue weighted by Crippen LogP contribution is -2.20. The highest BCUT2D eigenvalue weighted by atomic mass is 35.5. The van der Waals surface area contributed by atoms with Gasteiger partial charge in [0.2, 0.25) is 5.95 Å². The van der Waals surface area contributed by atoms with Crippen LogP contribution < -0.4 is 10.6 Å². The van der Waals surface area contributed by atoms with Gasteiger partial charge in [-0.1, -0.05) is 18.5 Å². The predicted octanol–water partition coefficient (Wildman–Crippen LogP) is 5.44. The fraction of sp³-hybridized carbons (Fsp3) is 0.500. The van der Waals surface area contributed by atoms with Gasteiger partial charge in [0.05, 0.1) is 18.2 Å². The van der Waals surface area contributed by atoms with Gasteiger partial charge in [-0.15, -0.1) is 0 Å². The Morgan fingerprint density at radius 2 is 2.06 bits per heavy atom. The van der Waals surface area contributed by atoms with E-state index >= 15 is 0 Å². The summed E-state index contributed by atoms with van der Waals surface area (Å²) < 4.78 is 43.6. The van der Waals surface area contributed by atoms with E-state index < -0.39 is 12.6 Å². The summed E-state index contributed by atoms with van der Waals surface area (Å²) in [5.74, 6) is 0.998. The maximum absolute atomic E-state index is 12.5. The number of aliphatic hydroxyl groups is 1. The third-order valence-corrected chi connectivity index (χ3v) is 6.04. The van der Waals surface area contributed by atoms with Crippen LogP contribution >= 0.6 is 11.6 Å². The van der Waals surface area contributed by atoms with Gasteiger partial charge in [0.1, 0.15) is 16.7 Å². The molecule has 0 bridgehead atoms. The highest BCUT2D eigenvalue weighted by Crippen LogP contribution is 2.39. The second-order valence-corrected chi connectivity index (χ2v) is 8.59. The first-order valence-corrected chi connectivity index (χ1v) is 11.3. The van der Waals surface area contributed by atoms with E-state index in [9.17, 15) is 18.3 Å². The lowest BCUT2D eigenvalue weighted by Gasteiger charge is -2.18. The molecule has 7 nitrogen and oxygen atoms in total. The molecule has 0 radical (unpaired) electrons. The summed E-state index contributed by atoms with van der Waals surface area (Å²) in [6.45, 7) is 1.74. The number of aliphatic hydroxyl groups excluding tert-OH is 1. The molecular weight excluding hydrogens is 459 g/mol. The van der Waals surface area contributed by atoms with Crippen LogP contribution in [0.25, 0.3) is 22.3 Å². The van der Waals surface area contributed by atoms with Crippen molar-refractivity contribution in [2.45, 2.75) is 51.2 Å². The standard InChI is InChI=1S/C22H25ClF3N5O2/c1-2-14-8-13-9-16(33-17(13)10-28-14)18-19(23)30-21(27-6-5-22(24,25)26)31-20(18)29-15-4-3-12(7-15)11-32/h8-10,12,15,32H,2-7,11H2,1H3,(H2,27,29,30,31)/t12-,15+/m1/s1. The fourth-order valence-corrected chi connectivity index (χ4v) is 4.29. The lowest BCUT2D eigenvalue weighted by molar-refractivity contribution is -0.131. The van der Waals surface area contributed by atoms with Crippen molar-refractivity contribution >= 4 is 34.3 Å². The largest absolute Gasteiger partial charge is 0.454 e. The van der Waals surface area contributed by atoms with Crippen LogP contribution in [0.2, 0.25) is 5.15 Å². The molecule has 11 heteroatoms. The lowest BCUT2D eigenvalue weighted by atomic mass is 10.1. The number of nitrogens with zero attached hydrogens (tertiary/aromatic N) is 3. The molecule has 2 atom stereocenters. The maximum atomic E-state index is 12.5. The van der Waals surface area contributed by atoms with Crippen LogP contribution in [0, 0.1) is 5.92 Å². The summed E-state index contributed by atoms with van der Waals surface area (Å²) >= 11 is 6.50. The minimum Gasteiger partial charge on any atom is -0.454 e. The number of aryl methyl sites for hydroxylation is 1. The number of rotatable bonds is 8. The van der Waals surface area contributed by atoms with Crippen LogP contribution in [-0.4, -0.2) is 45.4 Å². The van der Waals surface area contributed by atoms with Crippen molar-refractivity contribution in [2.75, 3.05) is 23.8 Å². The van der Waals surface area contributed by atoms with E-state index in [1.54, 1.807) is 6.20 Å². The Morgan fingerprint density at radius 1 is 1.24 bits per heavy atom. The number of fused-ring (bicyclic) bond motifs is 1. The highest BCUT2D eigenvalue weighted by molar-refractivity contribution is 6.32. The molecule has 1 fully saturated rings. The Labute approximate surface area is 193 Å². The zero-order valence-corrected chi connectivity index (χ0v) is 18.8. The monoisotopic (exact) mass is 483 g/mol. The predicted molar refractivity (Wildman–Crippen MR) is 120 cm³/mol. The van der Waals surface area contributed by atoms with Crippen LogP contribution in [0.4, 0.5) is 24.9 Å². The van der Waals surface area contributed by atoms with Crippen molar-refractivity contribution in [1.29, 1.82) is 0 Å². The molecule has 0 unspecified atom stereocenters. The molecule has 1 aliphatic rings. The number of hydrogen-bond acceptors (Lipinski definition) is 7. The smallest absolute Gasteiger partial charge is 0.390 e. The average Bonchev–Trinajstić information content (AvgIpc) is 3.38. The van der Waals surface area contributed by atoms with E-state index in [0.29, 0.717) is 22.7 Å². The van der Waals surface area contributed by atoms with Gasteiger partial charge in [0.25, 0.3) is 0 Å². The number of furan rings is 1. The SMILES string of the molecule is CCc1cc2cc(-c3c(Cl)nc(NCCC(F)(F)F)nc3N[C@H]3CC[C@@H](CO)C3)oc2cn1. The second kappa shape index (κ2) is 9.72. The van der Waals surface area contributed by atoms with Crippen molar-refractivity contribution in [2.24, 2.45) is 5.92 Å². The van der Waals surface area contributed by atoms with E-state index in [4.69, 9.17) is 16.0 Å². The van der Waals surface area contributed by atoms with Crippen molar-refractivity contribution in [3.05, 3.63) is 29.2 Å². The molecule has 0 saturated heterocycles. The number of alkyl halides is 3. The van der Waals surface area contributed by atoms with Crippen LogP contribution in [0.15, 0.2) is 22.7 Å². The van der Waals surface area contributed by atoms with Crippen molar-refractivity contribution in [1.82, 2.24) is 15.0 Å². The minimum absolute atomic E-state index is 0.00162. The highest BCUT2D eigenvalue weighted by Gasteiger charge is 2.28. The Hall–Kier alpha value is -2.59. The van der Waals surface area contributed by atoms with E-state index in [-0.39, 0.29) is 36.2 Å². The molecule has 33 heavy (non-hydrogen) atoms. The molecule has 3 aromatic rings. The first-order chi connectivity index (χ1) is 15.8. The van der Waals surface area contributed by atoms with Crippen LogP contribution in [0.3, 0.4) is 0 Å². The normalized spacial score (nSPS) is 18.7. The van der Waals surface area contributed by atoms with Crippen LogP contribution in [0.5, 0.6) is 0 Å². The molecule has 0 spiro atoms.